The van der Waals surface area contributed by atoms with Crippen molar-refractivity contribution in [1.29, 1.82) is 5.26 Å². The van der Waals surface area contributed by atoms with Crippen molar-refractivity contribution in [2.45, 2.75) is 6.18 Å². The van der Waals surface area contributed by atoms with E-state index in [1.165, 1.54) is 18.2 Å². The molecule has 0 atom stereocenters. The molecule has 0 saturated heterocycles. The predicted octanol–water partition coefficient (Wildman–Crippen LogP) is 3.40. The number of nitrogens with zero attached hydrogens (tertiary/aromatic N) is 3. The third-order valence-corrected chi connectivity index (χ3v) is 3.16. The number of rotatable bonds is 6. The van der Waals surface area contributed by atoms with Crippen molar-refractivity contribution in [2.75, 3.05) is 23.7 Å². The summed E-state index contributed by atoms with van der Waals surface area (Å²) in [5, 5.41) is 25.4. The van der Waals surface area contributed by atoms with E-state index in [0.29, 0.717) is 0 Å². The van der Waals surface area contributed by atoms with E-state index < -0.39 is 16.7 Å². The molecule has 130 valence electrons. The molecule has 7 nitrogen and oxygen atoms in total. The maximum Gasteiger partial charge on any atom is 0.417 e. The zero-order valence-electron chi connectivity index (χ0n) is 12.7. The van der Waals surface area contributed by atoms with Gasteiger partial charge in [0.25, 0.3) is 5.69 Å². The van der Waals surface area contributed by atoms with Crippen LogP contribution in [0.5, 0.6) is 0 Å². The minimum atomic E-state index is -4.44. The van der Waals surface area contributed by atoms with Crippen LogP contribution in [0.2, 0.25) is 0 Å². The molecular weight excluding hydrogens is 339 g/mol. The van der Waals surface area contributed by atoms with Crippen molar-refractivity contribution in [3.05, 3.63) is 57.8 Å². The maximum absolute atomic E-state index is 12.4. The van der Waals surface area contributed by atoms with Crippen LogP contribution in [0.1, 0.15) is 11.1 Å². The highest BCUT2D eigenvalue weighted by Gasteiger charge is 2.30. The number of hydrogen-bond donors (Lipinski definition) is 2. The zero-order valence-corrected chi connectivity index (χ0v) is 12.7. The number of alkyl halides is 3. The van der Waals surface area contributed by atoms with Crippen molar-refractivity contribution >= 4 is 17.2 Å². The van der Waals surface area contributed by atoms with Gasteiger partial charge >= 0.3 is 6.18 Å². The molecule has 0 spiro atoms. The summed E-state index contributed by atoms with van der Waals surface area (Å²) in [6, 6.07) is 7.96. The van der Waals surface area contributed by atoms with Crippen LogP contribution < -0.4 is 10.6 Å². The molecule has 0 amide bonds. The van der Waals surface area contributed by atoms with Crippen molar-refractivity contribution in [1.82, 2.24) is 4.98 Å². The Morgan fingerprint density at radius 2 is 1.92 bits per heavy atom. The number of nitro benzene ring substituents is 1. The highest BCUT2D eigenvalue weighted by molar-refractivity contribution is 5.64. The van der Waals surface area contributed by atoms with Crippen LogP contribution in [-0.4, -0.2) is 23.0 Å². The van der Waals surface area contributed by atoms with Gasteiger partial charge in [-0.3, -0.25) is 10.1 Å². The van der Waals surface area contributed by atoms with Crippen LogP contribution in [0.3, 0.4) is 0 Å². The lowest BCUT2D eigenvalue weighted by molar-refractivity contribution is -0.384. The Balaban J connectivity index is 1.91. The summed E-state index contributed by atoms with van der Waals surface area (Å²) in [4.78, 5) is 14.0. The molecule has 25 heavy (non-hydrogen) atoms. The summed E-state index contributed by atoms with van der Waals surface area (Å²) in [5.41, 5.74) is -0.661. The van der Waals surface area contributed by atoms with E-state index in [9.17, 15) is 23.3 Å². The van der Waals surface area contributed by atoms with Crippen LogP contribution in [0, 0.1) is 21.4 Å². The zero-order chi connectivity index (χ0) is 18.4. The number of halogens is 3. The van der Waals surface area contributed by atoms with Crippen molar-refractivity contribution < 1.29 is 18.1 Å². The molecule has 1 heterocycles. The Kier molecular flexibility index (Phi) is 5.38. The quantitative estimate of drug-likeness (QED) is 0.470. The number of anilines is 2. The van der Waals surface area contributed by atoms with Crippen molar-refractivity contribution in [3.63, 3.8) is 0 Å². The molecule has 10 heteroatoms. The number of nitro groups is 1. The molecule has 1 aromatic heterocycles. The third-order valence-electron chi connectivity index (χ3n) is 3.16. The highest BCUT2D eigenvalue weighted by atomic mass is 19.4. The minimum Gasteiger partial charge on any atom is -0.378 e. The van der Waals surface area contributed by atoms with E-state index in [-0.39, 0.29) is 35.8 Å². The van der Waals surface area contributed by atoms with Gasteiger partial charge < -0.3 is 10.6 Å². The second-order valence-electron chi connectivity index (χ2n) is 4.88. The van der Waals surface area contributed by atoms with E-state index in [1.54, 1.807) is 0 Å². The van der Waals surface area contributed by atoms with E-state index in [4.69, 9.17) is 5.26 Å². The van der Waals surface area contributed by atoms with Crippen molar-refractivity contribution in [3.8, 4) is 6.07 Å². The molecule has 0 aliphatic rings. The summed E-state index contributed by atoms with van der Waals surface area (Å²) in [7, 11) is 0. The summed E-state index contributed by atoms with van der Waals surface area (Å²) in [6.07, 6.45) is -3.72. The number of aromatic nitrogens is 1. The maximum atomic E-state index is 12.4. The molecule has 1 aromatic carbocycles. The summed E-state index contributed by atoms with van der Waals surface area (Å²) in [5.74, 6) is 0.254. The molecule has 0 unspecified atom stereocenters. The van der Waals surface area contributed by atoms with Crippen LogP contribution in [0.25, 0.3) is 0 Å². The second-order valence-corrected chi connectivity index (χ2v) is 4.88. The predicted molar refractivity (Wildman–Crippen MR) is 84.0 cm³/mol. The second kappa shape index (κ2) is 7.48. The molecule has 0 radical (unpaired) electrons. The molecule has 0 aliphatic carbocycles. The lowest BCUT2D eigenvalue weighted by Crippen LogP contribution is -2.15. The van der Waals surface area contributed by atoms with Crippen LogP contribution in [-0.2, 0) is 6.18 Å². The third kappa shape index (κ3) is 4.81. The molecule has 2 rings (SSSR count). The number of nitrogens with one attached hydrogen (secondary N) is 2. The fourth-order valence-electron chi connectivity index (χ4n) is 1.96. The average Bonchev–Trinajstić information content (AvgIpc) is 2.58. The summed E-state index contributed by atoms with van der Waals surface area (Å²) < 4.78 is 37.3. The largest absolute Gasteiger partial charge is 0.417 e. The highest BCUT2D eigenvalue weighted by Crippen LogP contribution is 2.29. The van der Waals surface area contributed by atoms with Gasteiger partial charge in [-0.2, -0.15) is 18.4 Å². The first-order valence-corrected chi connectivity index (χ1v) is 7.01. The van der Waals surface area contributed by atoms with Gasteiger partial charge in [-0.1, -0.05) is 0 Å². The van der Waals surface area contributed by atoms with Crippen LogP contribution >= 0.6 is 0 Å². The first-order valence-electron chi connectivity index (χ1n) is 7.01. The minimum absolute atomic E-state index is 0.171. The standard InChI is InChI=1S/C15H12F3N5O2/c16-15(17,18)11-2-4-14(22-9-11)21-6-5-20-12-3-1-10(8-19)7-13(12)23(24)25/h1-4,7,9,20H,5-6H2,(H,21,22). The molecule has 2 N–H and O–H groups in total. The monoisotopic (exact) mass is 351 g/mol. The van der Waals surface area contributed by atoms with Gasteiger partial charge in [0.15, 0.2) is 0 Å². The van der Waals surface area contributed by atoms with Crippen molar-refractivity contribution in [2.24, 2.45) is 0 Å². The topological polar surface area (TPSA) is 104 Å². The molecule has 2 aromatic rings. The molecule has 0 bridgehead atoms. The van der Waals surface area contributed by atoms with Crippen LogP contribution in [0.4, 0.5) is 30.4 Å². The van der Waals surface area contributed by atoms with Gasteiger partial charge in [0.1, 0.15) is 11.5 Å². The summed E-state index contributed by atoms with van der Waals surface area (Å²) in [6.45, 7) is 0.533. The van der Waals surface area contributed by atoms with E-state index in [0.717, 1.165) is 18.3 Å². The fraction of sp³-hybridized carbons (Fsp3) is 0.200. The SMILES string of the molecule is N#Cc1ccc(NCCNc2ccc(C(F)(F)F)cn2)c([N+](=O)[O-])c1. The Morgan fingerprint density at radius 1 is 1.20 bits per heavy atom. The van der Waals surface area contributed by atoms with Crippen LogP contribution in [0.15, 0.2) is 36.5 Å². The first kappa shape index (κ1) is 18.0. The van der Waals surface area contributed by atoms with E-state index in [2.05, 4.69) is 15.6 Å². The Hall–Kier alpha value is -3.35. The molecule has 0 fully saturated rings. The average molecular weight is 351 g/mol. The number of nitriles is 1. The molecular formula is C15H12F3N5O2. The smallest absolute Gasteiger partial charge is 0.378 e. The number of benzene rings is 1. The normalized spacial score (nSPS) is 10.8. The number of pyridine rings is 1. The number of hydrogen-bond acceptors (Lipinski definition) is 6. The van der Waals surface area contributed by atoms with Gasteiger partial charge in [0, 0.05) is 25.4 Å². The lowest BCUT2D eigenvalue weighted by atomic mass is 10.2. The Labute approximate surface area is 140 Å². The van der Waals surface area contributed by atoms with Gasteiger partial charge in [0.2, 0.25) is 0 Å². The van der Waals surface area contributed by atoms with Gasteiger partial charge in [0.05, 0.1) is 22.1 Å². The first-order chi connectivity index (χ1) is 11.8. The van der Waals surface area contributed by atoms with Gasteiger partial charge in [-0.05, 0) is 24.3 Å². The lowest BCUT2D eigenvalue weighted by Gasteiger charge is -2.10. The molecule has 0 aliphatic heterocycles. The van der Waals surface area contributed by atoms with Gasteiger partial charge in [-0.25, -0.2) is 4.98 Å². The fourth-order valence-corrected chi connectivity index (χ4v) is 1.96. The van der Waals surface area contributed by atoms with Gasteiger partial charge in [-0.15, -0.1) is 0 Å². The Bertz CT molecular complexity index is 800. The summed E-state index contributed by atoms with van der Waals surface area (Å²) >= 11 is 0. The van der Waals surface area contributed by atoms with E-state index in [1.807, 2.05) is 6.07 Å². The Morgan fingerprint density at radius 3 is 2.48 bits per heavy atom. The van der Waals surface area contributed by atoms with E-state index >= 15 is 0 Å². The molecule has 0 saturated carbocycles.